The fourth-order valence-corrected chi connectivity index (χ4v) is 2.79. The zero-order valence-electron chi connectivity index (χ0n) is 12.5. The number of anilines is 1. The second-order valence-corrected chi connectivity index (χ2v) is 6.30. The van der Waals surface area contributed by atoms with Gasteiger partial charge in [-0.25, -0.2) is 4.79 Å². The normalized spacial score (nSPS) is 13.7. The van der Waals surface area contributed by atoms with Crippen LogP contribution in [-0.2, 0) is 0 Å². The lowest BCUT2D eigenvalue weighted by atomic mass is 9.95. The van der Waals surface area contributed by atoms with Crippen LogP contribution in [0.3, 0.4) is 0 Å². The van der Waals surface area contributed by atoms with Gasteiger partial charge in [-0.2, -0.15) is 0 Å². The largest absolute Gasteiger partial charge is 0.396 e. The molecule has 4 nitrogen and oxygen atoms in total. The number of benzene rings is 1. The minimum atomic E-state index is -0.393. The molecule has 112 valence electrons. The molecule has 0 radical (unpaired) electrons. The van der Waals surface area contributed by atoms with Gasteiger partial charge in [0.15, 0.2) is 0 Å². The summed E-state index contributed by atoms with van der Waals surface area (Å²) in [5, 5.41) is 14.9. The molecule has 2 amide bonds. The molecule has 0 aliphatic rings. The summed E-state index contributed by atoms with van der Waals surface area (Å²) in [5.41, 5.74) is 2.45. The zero-order chi connectivity index (χ0) is 15.3. The fraction of sp³-hybridized carbons (Fsp3) is 0.533. The molecule has 0 saturated carbocycles. The number of hydrogen-bond acceptors (Lipinski definition) is 2. The Morgan fingerprint density at radius 3 is 2.35 bits per heavy atom. The smallest absolute Gasteiger partial charge is 0.319 e. The minimum absolute atomic E-state index is 0.0565. The lowest BCUT2D eigenvalue weighted by Gasteiger charge is -2.29. The maximum absolute atomic E-state index is 12.1. The zero-order valence-corrected chi connectivity index (χ0v) is 14.1. The van der Waals surface area contributed by atoms with Crippen molar-refractivity contribution in [1.82, 2.24) is 5.32 Å². The molecule has 0 fully saturated rings. The first kappa shape index (κ1) is 17.0. The maximum atomic E-state index is 12.1. The van der Waals surface area contributed by atoms with E-state index in [4.69, 9.17) is 5.11 Å². The van der Waals surface area contributed by atoms with Crippen molar-refractivity contribution < 1.29 is 9.90 Å². The highest BCUT2D eigenvalue weighted by atomic mass is 79.9. The Hall–Kier alpha value is -1.07. The van der Waals surface area contributed by atoms with Crippen LogP contribution < -0.4 is 10.6 Å². The number of halogens is 1. The highest BCUT2D eigenvalue weighted by Crippen LogP contribution is 2.25. The summed E-state index contributed by atoms with van der Waals surface area (Å²) in [5.74, 6) is 0. The molecule has 1 rings (SSSR count). The van der Waals surface area contributed by atoms with Crippen LogP contribution in [0.15, 0.2) is 16.6 Å². The molecular formula is C15H23BrN2O2. The predicted octanol–water partition coefficient (Wildman–Crippen LogP) is 3.74. The summed E-state index contributed by atoms with van der Waals surface area (Å²) in [6.45, 7) is 7.90. The number of amides is 2. The van der Waals surface area contributed by atoms with E-state index >= 15 is 0 Å². The molecule has 0 aliphatic heterocycles. The third-order valence-corrected chi connectivity index (χ3v) is 4.05. The quantitative estimate of drug-likeness (QED) is 0.763. The van der Waals surface area contributed by atoms with Gasteiger partial charge in [-0.3, -0.25) is 0 Å². The molecule has 3 N–H and O–H groups in total. The Morgan fingerprint density at radius 1 is 1.35 bits per heavy atom. The number of aliphatic hydroxyl groups is 1. The van der Waals surface area contributed by atoms with Gasteiger partial charge in [0.05, 0.1) is 0 Å². The van der Waals surface area contributed by atoms with Crippen molar-refractivity contribution in [3.05, 3.63) is 27.7 Å². The number of carbonyl (C=O) groups is 1. The topological polar surface area (TPSA) is 61.4 Å². The van der Waals surface area contributed by atoms with Crippen molar-refractivity contribution >= 4 is 27.6 Å². The van der Waals surface area contributed by atoms with E-state index < -0.39 is 5.54 Å². The van der Waals surface area contributed by atoms with Gasteiger partial charge in [0.25, 0.3) is 0 Å². The van der Waals surface area contributed by atoms with Gasteiger partial charge < -0.3 is 15.7 Å². The number of rotatable bonds is 5. The lowest BCUT2D eigenvalue weighted by Crippen LogP contribution is -2.48. The molecule has 1 atom stereocenters. The van der Waals surface area contributed by atoms with Gasteiger partial charge in [-0.05, 0) is 56.9 Å². The number of nitrogens with one attached hydrogen (secondary N) is 2. The number of urea groups is 1. The van der Waals surface area contributed by atoms with E-state index in [0.29, 0.717) is 6.42 Å². The predicted molar refractivity (Wildman–Crippen MR) is 86.2 cm³/mol. The molecule has 0 aliphatic carbocycles. The van der Waals surface area contributed by atoms with E-state index in [1.807, 2.05) is 39.8 Å². The SMILES string of the molecule is CCC(C)(CCO)NC(=O)Nc1c(C)cc(Br)cc1C. The third-order valence-electron chi connectivity index (χ3n) is 3.60. The number of carbonyl (C=O) groups excluding carboxylic acids is 1. The van der Waals surface area contributed by atoms with Gasteiger partial charge >= 0.3 is 6.03 Å². The molecule has 0 aromatic heterocycles. The number of aliphatic hydroxyl groups excluding tert-OH is 1. The third kappa shape index (κ3) is 4.49. The monoisotopic (exact) mass is 342 g/mol. The Balaban J connectivity index is 2.81. The van der Waals surface area contributed by atoms with Crippen LogP contribution in [0.2, 0.25) is 0 Å². The minimum Gasteiger partial charge on any atom is -0.396 e. The summed E-state index contributed by atoms with van der Waals surface area (Å²) >= 11 is 3.44. The van der Waals surface area contributed by atoms with Crippen molar-refractivity contribution in [2.24, 2.45) is 0 Å². The van der Waals surface area contributed by atoms with Crippen LogP contribution in [0.4, 0.5) is 10.5 Å². The molecule has 0 heterocycles. The number of hydrogen-bond donors (Lipinski definition) is 3. The molecule has 0 saturated heterocycles. The van der Waals surface area contributed by atoms with E-state index in [0.717, 1.165) is 27.7 Å². The average Bonchev–Trinajstić information content (AvgIpc) is 2.34. The summed E-state index contributed by atoms with van der Waals surface area (Å²) in [7, 11) is 0. The lowest BCUT2D eigenvalue weighted by molar-refractivity contribution is 0.208. The van der Waals surface area contributed by atoms with Crippen LogP contribution in [0.1, 0.15) is 37.8 Å². The van der Waals surface area contributed by atoms with Crippen LogP contribution in [0.5, 0.6) is 0 Å². The highest BCUT2D eigenvalue weighted by Gasteiger charge is 2.24. The molecule has 0 bridgehead atoms. The summed E-state index contributed by atoms with van der Waals surface area (Å²) in [6.07, 6.45) is 1.30. The molecule has 1 aromatic carbocycles. The van der Waals surface area contributed by atoms with Gasteiger partial charge in [0.1, 0.15) is 0 Å². The molecule has 20 heavy (non-hydrogen) atoms. The first-order chi connectivity index (χ1) is 9.31. The van der Waals surface area contributed by atoms with E-state index in [9.17, 15) is 4.79 Å². The van der Waals surface area contributed by atoms with Gasteiger partial charge in [0, 0.05) is 22.3 Å². The molecule has 5 heteroatoms. The first-order valence-electron chi connectivity index (χ1n) is 6.78. The molecule has 0 spiro atoms. The Kier molecular flexibility index (Phi) is 6.02. The average molecular weight is 343 g/mol. The second kappa shape index (κ2) is 7.09. The second-order valence-electron chi connectivity index (χ2n) is 5.38. The molecule has 1 unspecified atom stereocenters. The first-order valence-corrected chi connectivity index (χ1v) is 7.57. The fourth-order valence-electron chi connectivity index (χ4n) is 2.10. The van der Waals surface area contributed by atoms with E-state index in [1.54, 1.807) is 0 Å². The Bertz CT molecular complexity index is 468. The van der Waals surface area contributed by atoms with E-state index in [1.165, 1.54) is 0 Å². The van der Waals surface area contributed by atoms with E-state index in [-0.39, 0.29) is 12.6 Å². The van der Waals surface area contributed by atoms with Crippen LogP contribution in [0.25, 0.3) is 0 Å². The Morgan fingerprint density at radius 2 is 1.90 bits per heavy atom. The molecular weight excluding hydrogens is 320 g/mol. The van der Waals surface area contributed by atoms with Gasteiger partial charge in [-0.15, -0.1) is 0 Å². The van der Waals surface area contributed by atoms with E-state index in [2.05, 4.69) is 26.6 Å². The van der Waals surface area contributed by atoms with Crippen molar-refractivity contribution in [1.29, 1.82) is 0 Å². The summed E-state index contributed by atoms with van der Waals surface area (Å²) in [4.78, 5) is 12.1. The van der Waals surface area contributed by atoms with Crippen LogP contribution >= 0.6 is 15.9 Å². The summed E-state index contributed by atoms with van der Waals surface area (Å²) in [6, 6.07) is 3.70. The van der Waals surface area contributed by atoms with Crippen LogP contribution in [-0.4, -0.2) is 23.3 Å². The highest BCUT2D eigenvalue weighted by molar-refractivity contribution is 9.10. The molecule has 1 aromatic rings. The standard InChI is InChI=1S/C15H23BrN2O2/c1-5-15(4,6-7-19)18-14(20)17-13-10(2)8-12(16)9-11(13)3/h8-9,19H,5-7H2,1-4H3,(H2,17,18,20). The van der Waals surface area contributed by atoms with Crippen molar-refractivity contribution in [3.8, 4) is 0 Å². The maximum Gasteiger partial charge on any atom is 0.319 e. The van der Waals surface area contributed by atoms with Crippen molar-refractivity contribution in [2.45, 2.75) is 46.1 Å². The van der Waals surface area contributed by atoms with Gasteiger partial charge in [-0.1, -0.05) is 22.9 Å². The van der Waals surface area contributed by atoms with Crippen LogP contribution in [0, 0.1) is 13.8 Å². The van der Waals surface area contributed by atoms with Crippen molar-refractivity contribution in [2.75, 3.05) is 11.9 Å². The van der Waals surface area contributed by atoms with Crippen molar-refractivity contribution in [3.63, 3.8) is 0 Å². The summed E-state index contributed by atoms with van der Waals surface area (Å²) < 4.78 is 0.997. The Labute approximate surface area is 129 Å². The van der Waals surface area contributed by atoms with Gasteiger partial charge in [0.2, 0.25) is 0 Å². The number of aryl methyl sites for hydroxylation is 2.